The molecule has 0 aromatic heterocycles. The largest absolute Gasteiger partial charge is 0.512 e. The topological polar surface area (TPSA) is 70.0 Å². The van der Waals surface area contributed by atoms with Crippen molar-refractivity contribution in [2.45, 2.75) is 59.1 Å². The number of hydrogen-bond acceptors (Lipinski definition) is 6. The van der Waals surface area contributed by atoms with Gasteiger partial charge in [-0.2, -0.15) is 11.8 Å². The molecule has 0 fully saturated rings. The lowest BCUT2D eigenvalue weighted by atomic mass is 9.87. The van der Waals surface area contributed by atoms with Crippen LogP contribution in [0.1, 0.15) is 64.2 Å². The van der Waals surface area contributed by atoms with Gasteiger partial charge in [0.2, 0.25) is 0 Å². The molecule has 0 spiro atoms. The molecule has 0 amide bonds. The van der Waals surface area contributed by atoms with Gasteiger partial charge in [0.25, 0.3) is 0 Å². The lowest BCUT2D eigenvalue weighted by Crippen LogP contribution is -2.29. The Morgan fingerprint density at radius 1 is 1.15 bits per heavy atom. The third-order valence-electron chi connectivity index (χ3n) is 6.53. The first-order valence-corrected chi connectivity index (χ1v) is 15.5. The highest BCUT2D eigenvalue weighted by atomic mass is 32.2. The van der Waals surface area contributed by atoms with Crippen LogP contribution in [0.2, 0.25) is 0 Å². The Hall–Kier alpha value is -2.80. The van der Waals surface area contributed by atoms with Crippen molar-refractivity contribution in [1.29, 1.82) is 0 Å². The molecule has 2 N–H and O–H groups in total. The average Bonchev–Trinajstić information content (AvgIpc) is 2.96. The number of ether oxygens (including phenoxy) is 1. The highest BCUT2D eigenvalue weighted by Gasteiger charge is 2.24. The van der Waals surface area contributed by atoms with Gasteiger partial charge in [0, 0.05) is 29.4 Å². The van der Waals surface area contributed by atoms with Crippen molar-refractivity contribution >= 4 is 17.5 Å². The Kier molecular flexibility index (Phi) is 17.7. The Labute approximate surface area is 246 Å². The van der Waals surface area contributed by atoms with E-state index in [0.29, 0.717) is 24.2 Å². The van der Waals surface area contributed by atoms with E-state index in [4.69, 9.17) is 4.74 Å². The number of rotatable bonds is 19. The molecule has 1 rings (SSSR count). The summed E-state index contributed by atoms with van der Waals surface area (Å²) < 4.78 is 5.97. The van der Waals surface area contributed by atoms with Crippen LogP contribution < -0.4 is 4.74 Å². The van der Waals surface area contributed by atoms with Crippen LogP contribution in [0.15, 0.2) is 95.4 Å². The lowest BCUT2D eigenvalue weighted by molar-refractivity contribution is 0.103. The van der Waals surface area contributed by atoms with E-state index in [1.165, 1.54) is 0 Å². The van der Waals surface area contributed by atoms with Gasteiger partial charge in [0.1, 0.15) is 12.4 Å². The summed E-state index contributed by atoms with van der Waals surface area (Å²) in [7, 11) is 0. The number of nitrogens with zero attached hydrogens (tertiary/aromatic N) is 1. The molecule has 220 valence electrons. The molecule has 0 saturated carbocycles. The fourth-order valence-electron chi connectivity index (χ4n) is 4.24. The Bertz CT molecular complexity index is 1080. The molecule has 5 nitrogen and oxygen atoms in total. The summed E-state index contributed by atoms with van der Waals surface area (Å²) >= 11 is 1.63. The van der Waals surface area contributed by atoms with E-state index >= 15 is 0 Å². The fourth-order valence-corrected chi connectivity index (χ4v) is 4.69. The molecule has 0 saturated heterocycles. The summed E-state index contributed by atoms with van der Waals surface area (Å²) in [6.07, 6.45) is 14.9. The Morgan fingerprint density at radius 3 is 2.40 bits per heavy atom. The quantitative estimate of drug-likeness (QED) is 0.0583. The van der Waals surface area contributed by atoms with Gasteiger partial charge in [-0.15, -0.1) is 6.58 Å². The molecule has 40 heavy (non-hydrogen) atoms. The van der Waals surface area contributed by atoms with E-state index in [1.54, 1.807) is 30.0 Å². The van der Waals surface area contributed by atoms with Gasteiger partial charge < -0.3 is 19.8 Å². The molecule has 1 aromatic rings. The zero-order valence-electron chi connectivity index (χ0n) is 25.3. The van der Waals surface area contributed by atoms with Crippen LogP contribution in [0.25, 0.3) is 0 Å². The average molecular weight is 568 g/mol. The molecule has 0 bridgehead atoms. The monoisotopic (exact) mass is 567 g/mol. The van der Waals surface area contributed by atoms with Crippen molar-refractivity contribution in [3.8, 4) is 5.75 Å². The highest BCUT2D eigenvalue weighted by Crippen LogP contribution is 2.32. The third-order valence-corrected chi connectivity index (χ3v) is 7.49. The van der Waals surface area contributed by atoms with Gasteiger partial charge in [-0.25, -0.2) is 0 Å². The van der Waals surface area contributed by atoms with Crippen molar-refractivity contribution in [2.75, 3.05) is 39.1 Å². The maximum atomic E-state index is 14.2. The first kappa shape index (κ1) is 35.2. The summed E-state index contributed by atoms with van der Waals surface area (Å²) in [5.74, 6) is 0.804. The van der Waals surface area contributed by atoms with Gasteiger partial charge in [0.15, 0.2) is 5.78 Å². The number of likely N-dealkylation sites (N-methyl/N-ethyl adjacent to an activating group) is 1. The Balaban J connectivity index is 3.56. The number of thioether (sulfide) groups is 1. The smallest absolute Gasteiger partial charge is 0.193 e. The molecular formula is C34H49NO4S. The van der Waals surface area contributed by atoms with Crippen LogP contribution in [0.5, 0.6) is 5.75 Å². The first-order chi connectivity index (χ1) is 19.3. The SMILES string of the molecule is C=CC\C(O)=C/C=C(/C(C(=O)c1ccc(OCCN(CC)CCC)cc1)=C(C)/C(/C=C\CO)=C/CC)C(C)SC. The summed E-state index contributed by atoms with van der Waals surface area (Å²) in [5, 5.41) is 19.7. The zero-order chi connectivity index (χ0) is 29.9. The first-order valence-electron chi connectivity index (χ1n) is 14.2. The normalized spacial score (nSPS) is 14.4. The van der Waals surface area contributed by atoms with E-state index < -0.39 is 0 Å². The van der Waals surface area contributed by atoms with Crippen molar-refractivity contribution in [2.24, 2.45) is 0 Å². The molecule has 0 aliphatic rings. The minimum absolute atomic E-state index is 0.0152. The van der Waals surface area contributed by atoms with Crippen molar-refractivity contribution < 1.29 is 19.7 Å². The minimum Gasteiger partial charge on any atom is -0.512 e. The van der Waals surface area contributed by atoms with Crippen LogP contribution in [0.3, 0.4) is 0 Å². The number of aliphatic hydroxyl groups excluding tert-OH is 2. The fraction of sp³-hybridized carbons (Fsp3) is 0.441. The molecular weight excluding hydrogens is 518 g/mol. The molecule has 0 heterocycles. The molecule has 1 atom stereocenters. The van der Waals surface area contributed by atoms with Crippen molar-refractivity contribution in [3.05, 3.63) is 101 Å². The second-order valence-electron chi connectivity index (χ2n) is 9.44. The van der Waals surface area contributed by atoms with Gasteiger partial charge >= 0.3 is 0 Å². The van der Waals surface area contributed by atoms with Crippen molar-refractivity contribution in [1.82, 2.24) is 4.90 Å². The van der Waals surface area contributed by atoms with Crippen LogP contribution >= 0.6 is 11.8 Å². The predicted octanol–water partition coefficient (Wildman–Crippen LogP) is 7.88. The number of allylic oxidation sites excluding steroid dienone is 8. The molecule has 0 aliphatic carbocycles. The second-order valence-corrected chi connectivity index (χ2v) is 10.6. The highest BCUT2D eigenvalue weighted by molar-refractivity contribution is 7.99. The van der Waals surface area contributed by atoms with E-state index in [1.807, 2.05) is 56.5 Å². The van der Waals surface area contributed by atoms with Gasteiger partial charge in [-0.3, -0.25) is 4.79 Å². The number of carbonyl (C=O) groups excluding carboxylic acids is 1. The van der Waals surface area contributed by atoms with E-state index in [2.05, 4.69) is 38.3 Å². The van der Waals surface area contributed by atoms with E-state index in [-0.39, 0.29) is 23.4 Å². The second kappa shape index (κ2) is 20.1. The number of Topliss-reactive ketones (excluding diaryl/α,β-unsaturated/α-hetero) is 1. The Morgan fingerprint density at radius 2 is 1.85 bits per heavy atom. The van der Waals surface area contributed by atoms with E-state index in [0.717, 1.165) is 54.9 Å². The van der Waals surface area contributed by atoms with Crippen LogP contribution in [-0.2, 0) is 0 Å². The summed E-state index contributed by atoms with van der Waals surface area (Å²) in [6.45, 7) is 17.5. The lowest BCUT2D eigenvalue weighted by Gasteiger charge is -2.21. The number of ketones is 1. The molecule has 0 radical (unpaired) electrons. The summed E-state index contributed by atoms with van der Waals surface area (Å²) in [4.78, 5) is 16.5. The number of hydrogen-bond donors (Lipinski definition) is 2. The minimum atomic E-state index is -0.104. The zero-order valence-corrected chi connectivity index (χ0v) is 26.1. The molecule has 6 heteroatoms. The van der Waals surface area contributed by atoms with Crippen LogP contribution in [0.4, 0.5) is 0 Å². The van der Waals surface area contributed by atoms with Crippen LogP contribution in [0, 0.1) is 0 Å². The summed E-state index contributed by atoms with van der Waals surface area (Å²) in [6, 6.07) is 7.32. The van der Waals surface area contributed by atoms with Gasteiger partial charge in [-0.1, -0.05) is 51.2 Å². The molecule has 1 unspecified atom stereocenters. The molecule has 0 aliphatic heterocycles. The maximum Gasteiger partial charge on any atom is 0.193 e. The molecule has 1 aromatic carbocycles. The van der Waals surface area contributed by atoms with E-state index in [9.17, 15) is 15.0 Å². The van der Waals surface area contributed by atoms with Crippen LogP contribution in [-0.4, -0.2) is 65.2 Å². The van der Waals surface area contributed by atoms with Gasteiger partial charge in [-0.05, 0) is 93.1 Å². The standard InChI is InChI=1S/C34H49NO4S/c1-8-13-28(15-12-24-36)26(5)33(32(27(6)40-7)21-18-30(37)14-9-2)34(38)29-16-19-31(20-17-29)39-25-23-35(11-4)22-10-3/h9,12-13,15-21,27,36-37H,2,8,10-11,14,22-25H2,1,3-7H3/b15-12-,28-13+,30-18+,32-21+,33-26-. The maximum absolute atomic E-state index is 14.2. The summed E-state index contributed by atoms with van der Waals surface area (Å²) in [5.41, 5.74) is 3.66. The number of aliphatic hydroxyl groups is 2. The van der Waals surface area contributed by atoms with Crippen molar-refractivity contribution in [3.63, 3.8) is 0 Å². The number of carbonyl (C=O) groups is 1. The third kappa shape index (κ3) is 11.7. The van der Waals surface area contributed by atoms with Gasteiger partial charge in [0.05, 0.1) is 12.4 Å². The predicted molar refractivity (Wildman–Crippen MR) is 173 cm³/mol. The number of benzene rings is 1.